The Balaban J connectivity index is 1.59. The summed E-state index contributed by atoms with van der Waals surface area (Å²) < 4.78 is 7.74. The standard InChI is InChI=1S/C23H23ClN3Se/c1-3-25-18-9-5-6-11-20(18)28-21(25)13-12-16-14-15-27-22-17(24)8-7-10-19(22)26(4-2)23(16)27/h5-13H,3-4,14-15H2,1-2H3/q+1. The van der Waals surface area contributed by atoms with Crippen molar-refractivity contribution in [3.8, 4) is 0 Å². The van der Waals surface area contributed by atoms with Gasteiger partial charge in [0, 0.05) is 0 Å². The van der Waals surface area contributed by atoms with Gasteiger partial charge in [0.05, 0.1) is 0 Å². The van der Waals surface area contributed by atoms with Gasteiger partial charge >= 0.3 is 177 Å². The summed E-state index contributed by atoms with van der Waals surface area (Å²) in [4.78, 5) is 2.46. The second-order valence-corrected chi connectivity index (χ2v) is 9.72. The van der Waals surface area contributed by atoms with Crippen LogP contribution >= 0.6 is 11.6 Å². The summed E-state index contributed by atoms with van der Waals surface area (Å²) in [5.41, 5.74) is 5.19. The first-order valence-corrected chi connectivity index (χ1v) is 12.0. The summed E-state index contributed by atoms with van der Waals surface area (Å²) in [7, 11) is 0. The van der Waals surface area contributed by atoms with Crippen LogP contribution in [0.5, 0.6) is 0 Å². The minimum absolute atomic E-state index is 0.374. The first-order valence-electron chi connectivity index (χ1n) is 9.89. The number of benzene rings is 2. The molecule has 2 aromatic carbocycles. The van der Waals surface area contributed by atoms with Crippen molar-refractivity contribution in [1.82, 2.24) is 4.57 Å². The van der Waals surface area contributed by atoms with Crippen molar-refractivity contribution in [2.45, 2.75) is 33.4 Å². The molecule has 5 heteroatoms. The van der Waals surface area contributed by atoms with E-state index in [1.807, 2.05) is 6.07 Å². The van der Waals surface area contributed by atoms with E-state index in [1.165, 1.54) is 37.2 Å². The first-order chi connectivity index (χ1) is 13.7. The van der Waals surface area contributed by atoms with Crippen molar-refractivity contribution in [1.29, 1.82) is 0 Å². The van der Waals surface area contributed by atoms with Gasteiger partial charge in [0.15, 0.2) is 0 Å². The zero-order valence-corrected chi connectivity index (χ0v) is 18.6. The van der Waals surface area contributed by atoms with Crippen LogP contribution in [0.25, 0.3) is 16.6 Å². The molecule has 0 saturated heterocycles. The van der Waals surface area contributed by atoms with Gasteiger partial charge in [-0.1, -0.05) is 0 Å². The fourth-order valence-electron chi connectivity index (χ4n) is 4.42. The third-order valence-electron chi connectivity index (χ3n) is 5.63. The predicted octanol–water partition coefficient (Wildman–Crippen LogP) is 4.10. The Labute approximate surface area is 177 Å². The average Bonchev–Trinajstić information content (AvgIpc) is 3.36. The molecule has 1 aromatic heterocycles. The van der Waals surface area contributed by atoms with E-state index in [0.29, 0.717) is 15.0 Å². The molecule has 0 saturated carbocycles. The number of aryl methyl sites for hydroxylation is 2. The van der Waals surface area contributed by atoms with Crippen LogP contribution in [0.3, 0.4) is 0 Å². The van der Waals surface area contributed by atoms with E-state index in [1.54, 1.807) is 0 Å². The molecule has 3 aromatic rings. The zero-order chi connectivity index (χ0) is 19.3. The van der Waals surface area contributed by atoms with Crippen LogP contribution in [0.1, 0.15) is 26.1 Å². The molecule has 0 bridgehead atoms. The van der Waals surface area contributed by atoms with Crippen LogP contribution in [-0.2, 0) is 13.1 Å². The summed E-state index contributed by atoms with van der Waals surface area (Å²) in [5, 5.41) is 0.845. The van der Waals surface area contributed by atoms with Gasteiger partial charge in [-0.05, 0) is 0 Å². The molecule has 2 aliphatic heterocycles. The monoisotopic (exact) mass is 456 g/mol. The summed E-state index contributed by atoms with van der Waals surface area (Å²) >= 11 is 6.93. The fraction of sp³-hybridized carbons (Fsp3) is 0.261. The molecule has 0 unspecified atom stereocenters. The number of rotatable bonds is 3. The van der Waals surface area contributed by atoms with Crippen LogP contribution in [0.2, 0.25) is 5.02 Å². The molecule has 28 heavy (non-hydrogen) atoms. The number of fused-ring (bicyclic) bond motifs is 4. The summed E-state index contributed by atoms with van der Waals surface area (Å²) in [6, 6.07) is 15.0. The Morgan fingerprint density at radius 1 is 1.07 bits per heavy atom. The molecule has 3 nitrogen and oxygen atoms in total. The maximum atomic E-state index is 6.56. The number of allylic oxidation sites excluding steroid dienone is 3. The molecule has 0 fully saturated rings. The van der Waals surface area contributed by atoms with E-state index >= 15 is 0 Å². The van der Waals surface area contributed by atoms with Crippen LogP contribution in [0.15, 0.2) is 59.2 Å². The molecule has 142 valence electrons. The number of para-hydroxylation sites is 2. The second-order valence-electron chi connectivity index (χ2n) is 7.09. The predicted molar refractivity (Wildman–Crippen MR) is 118 cm³/mol. The average molecular weight is 456 g/mol. The molecule has 5 rings (SSSR count). The van der Waals surface area contributed by atoms with Gasteiger partial charge in [-0.15, -0.1) is 0 Å². The second kappa shape index (κ2) is 7.11. The van der Waals surface area contributed by atoms with E-state index in [4.69, 9.17) is 11.6 Å². The van der Waals surface area contributed by atoms with E-state index in [9.17, 15) is 0 Å². The quantitative estimate of drug-likeness (QED) is 0.428. The maximum absolute atomic E-state index is 6.56. The Morgan fingerprint density at radius 2 is 1.93 bits per heavy atom. The molecule has 0 aliphatic carbocycles. The Hall–Kier alpha value is -2.00. The van der Waals surface area contributed by atoms with Gasteiger partial charge in [-0.3, -0.25) is 0 Å². The summed E-state index contributed by atoms with van der Waals surface area (Å²) in [5.74, 6) is 1.31. The van der Waals surface area contributed by atoms with Crippen molar-refractivity contribution < 1.29 is 4.57 Å². The molecular weight excluding hydrogens is 433 g/mol. The SMILES string of the molecule is CCN1C(=CC=C2CC[n+]3c2n(CC)c2cccc(Cl)c23)[Se]c2ccccc21. The number of hydrogen-bond acceptors (Lipinski definition) is 1. The van der Waals surface area contributed by atoms with Crippen LogP contribution in [0, 0.1) is 0 Å². The molecule has 0 amide bonds. The van der Waals surface area contributed by atoms with Crippen LogP contribution in [-0.4, -0.2) is 26.1 Å². The first kappa shape index (κ1) is 18.1. The molecule has 0 radical (unpaired) electrons. The van der Waals surface area contributed by atoms with Gasteiger partial charge in [-0.2, -0.15) is 0 Å². The minimum atomic E-state index is 0.374. The van der Waals surface area contributed by atoms with Crippen molar-refractivity contribution in [3.05, 3.63) is 70.1 Å². The van der Waals surface area contributed by atoms with E-state index < -0.39 is 0 Å². The van der Waals surface area contributed by atoms with Crippen molar-refractivity contribution in [2.24, 2.45) is 0 Å². The summed E-state index contributed by atoms with van der Waals surface area (Å²) in [6.45, 7) is 7.41. The van der Waals surface area contributed by atoms with Crippen molar-refractivity contribution in [3.63, 3.8) is 0 Å². The van der Waals surface area contributed by atoms with Crippen LogP contribution in [0.4, 0.5) is 5.69 Å². The fourth-order valence-corrected chi connectivity index (χ4v) is 7.06. The third kappa shape index (κ3) is 2.67. The van der Waals surface area contributed by atoms with E-state index in [-0.39, 0.29) is 0 Å². The van der Waals surface area contributed by atoms with Gasteiger partial charge in [0.2, 0.25) is 0 Å². The Morgan fingerprint density at radius 3 is 2.75 bits per heavy atom. The molecular formula is C23H23ClN3Se+. The number of halogens is 1. The zero-order valence-electron chi connectivity index (χ0n) is 16.2. The Bertz CT molecular complexity index is 1140. The van der Waals surface area contributed by atoms with Gasteiger partial charge < -0.3 is 0 Å². The number of aromatic nitrogens is 2. The molecule has 0 N–H and O–H groups in total. The molecule has 2 aliphatic rings. The Kier molecular flexibility index (Phi) is 4.59. The van der Waals surface area contributed by atoms with Crippen LogP contribution < -0.4 is 13.9 Å². The topological polar surface area (TPSA) is 12.1 Å². The molecule has 0 atom stereocenters. The number of anilines is 1. The van der Waals surface area contributed by atoms with Gasteiger partial charge in [-0.25, -0.2) is 0 Å². The number of nitrogens with zero attached hydrogens (tertiary/aromatic N) is 3. The molecule has 0 spiro atoms. The number of imidazole rings is 1. The molecule has 3 heterocycles. The summed E-state index contributed by atoms with van der Waals surface area (Å²) in [6.07, 6.45) is 5.77. The number of hydrogen-bond donors (Lipinski definition) is 0. The van der Waals surface area contributed by atoms with Crippen molar-refractivity contribution >= 4 is 53.3 Å². The van der Waals surface area contributed by atoms with Crippen molar-refractivity contribution in [2.75, 3.05) is 11.4 Å². The van der Waals surface area contributed by atoms with E-state index in [0.717, 1.165) is 31.1 Å². The van der Waals surface area contributed by atoms with E-state index in [2.05, 4.69) is 76.4 Å². The third-order valence-corrected chi connectivity index (χ3v) is 8.30. The normalized spacial score (nSPS) is 18.5. The van der Waals surface area contributed by atoms with Gasteiger partial charge in [0.1, 0.15) is 0 Å². The van der Waals surface area contributed by atoms with Gasteiger partial charge in [0.25, 0.3) is 0 Å².